The molecule has 8 nitrogen and oxygen atoms in total. The molecule has 30 heavy (non-hydrogen) atoms. The van der Waals surface area contributed by atoms with Crippen molar-refractivity contribution in [3.8, 4) is 11.3 Å². The first-order chi connectivity index (χ1) is 14.3. The van der Waals surface area contributed by atoms with Gasteiger partial charge in [-0.25, -0.2) is 4.98 Å². The second-order valence-corrected chi connectivity index (χ2v) is 7.39. The smallest absolute Gasteiger partial charge is 0.273 e. The van der Waals surface area contributed by atoms with Crippen LogP contribution < -0.4 is 5.32 Å². The summed E-state index contributed by atoms with van der Waals surface area (Å²) in [6.45, 7) is 3.70. The first-order valence-electron chi connectivity index (χ1n) is 9.47. The molecule has 0 saturated carbocycles. The molecule has 0 atom stereocenters. The third-order valence-electron chi connectivity index (χ3n) is 5.03. The van der Waals surface area contributed by atoms with Gasteiger partial charge in [-0.3, -0.25) is 14.7 Å². The number of aryl methyl sites for hydroxylation is 1. The van der Waals surface area contributed by atoms with Crippen LogP contribution in [0.25, 0.3) is 22.3 Å². The summed E-state index contributed by atoms with van der Waals surface area (Å²) < 4.78 is 0. The third-order valence-corrected chi connectivity index (χ3v) is 5.03. The zero-order chi connectivity index (χ0) is 21.4. The number of anilines is 1. The van der Waals surface area contributed by atoms with E-state index in [0.29, 0.717) is 22.6 Å². The van der Waals surface area contributed by atoms with Gasteiger partial charge in [0, 0.05) is 36.3 Å². The predicted octanol–water partition coefficient (Wildman–Crippen LogP) is 3.52. The van der Waals surface area contributed by atoms with Crippen LogP contribution in [-0.2, 0) is 0 Å². The molecule has 152 valence electrons. The molecule has 3 N–H and O–H groups in total. The van der Waals surface area contributed by atoms with E-state index in [1.54, 1.807) is 31.3 Å². The van der Waals surface area contributed by atoms with E-state index >= 15 is 0 Å². The highest BCUT2D eigenvalue weighted by Crippen LogP contribution is 2.26. The number of fused-ring (bicyclic) bond motifs is 1. The van der Waals surface area contributed by atoms with Crippen molar-refractivity contribution in [1.82, 2.24) is 25.1 Å². The molecule has 1 aromatic carbocycles. The number of benzene rings is 1. The number of carbonyl (C=O) groups excluding carboxylic acids is 2. The minimum absolute atomic E-state index is 0.0552. The van der Waals surface area contributed by atoms with Gasteiger partial charge in [0.2, 0.25) is 0 Å². The number of amides is 2. The van der Waals surface area contributed by atoms with Gasteiger partial charge in [-0.1, -0.05) is 12.1 Å². The van der Waals surface area contributed by atoms with Crippen LogP contribution in [0.2, 0.25) is 0 Å². The van der Waals surface area contributed by atoms with Crippen molar-refractivity contribution in [2.75, 3.05) is 19.4 Å². The highest BCUT2D eigenvalue weighted by atomic mass is 16.2. The monoisotopic (exact) mass is 402 g/mol. The summed E-state index contributed by atoms with van der Waals surface area (Å²) >= 11 is 0. The van der Waals surface area contributed by atoms with E-state index in [2.05, 4.69) is 25.5 Å². The van der Waals surface area contributed by atoms with Crippen molar-refractivity contribution < 1.29 is 9.59 Å². The number of nitrogens with one attached hydrogen (secondary N) is 3. The Morgan fingerprint density at radius 3 is 2.60 bits per heavy atom. The fourth-order valence-corrected chi connectivity index (χ4v) is 3.22. The van der Waals surface area contributed by atoms with Gasteiger partial charge in [-0.05, 0) is 43.7 Å². The Balaban J connectivity index is 1.62. The Morgan fingerprint density at radius 2 is 1.90 bits per heavy atom. The summed E-state index contributed by atoms with van der Waals surface area (Å²) in [5.74, 6) is -0.319. The van der Waals surface area contributed by atoms with Gasteiger partial charge in [0.25, 0.3) is 11.8 Å². The number of hydrogen-bond acceptors (Lipinski definition) is 4. The summed E-state index contributed by atoms with van der Waals surface area (Å²) in [7, 11) is 3.45. The number of rotatable bonds is 4. The number of hydrogen-bond donors (Lipinski definition) is 3. The summed E-state index contributed by atoms with van der Waals surface area (Å²) in [6.07, 6.45) is 1.60. The standard InChI is InChI=1S/C22H22N6O2/c1-12-13(2)26-27-19(12)21(29)24-17-9-16-10-18(25-20(16)23-11-17)14-6-5-7-15(8-14)22(30)28(3)4/h5-11H,1-4H3,(H,23,25)(H,24,29)(H,26,27). The Hall–Kier alpha value is -3.94. The molecule has 2 amide bonds. The molecule has 0 aliphatic heterocycles. The van der Waals surface area contributed by atoms with Crippen LogP contribution in [0.15, 0.2) is 42.6 Å². The largest absolute Gasteiger partial charge is 0.345 e. The van der Waals surface area contributed by atoms with Crippen LogP contribution in [0.4, 0.5) is 5.69 Å². The minimum atomic E-state index is -0.264. The highest BCUT2D eigenvalue weighted by molar-refractivity contribution is 6.04. The molecule has 4 rings (SSSR count). The SMILES string of the molecule is Cc1n[nH]c(C(=O)Nc2cnc3[nH]c(-c4cccc(C(=O)N(C)C)c4)cc3c2)c1C. The lowest BCUT2D eigenvalue weighted by Crippen LogP contribution is -2.21. The number of aromatic nitrogens is 4. The molecule has 4 aromatic rings. The molecule has 8 heteroatoms. The second-order valence-electron chi connectivity index (χ2n) is 7.39. The van der Waals surface area contributed by atoms with E-state index in [1.165, 1.54) is 0 Å². The topological polar surface area (TPSA) is 107 Å². The summed E-state index contributed by atoms with van der Waals surface area (Å²) in [5.41, 5.74) is 5.66. The molecule has 3 heterocycles. The van der Waals surface area contributed by atoms with E-state index in [4.69, 9.17) is 0 Å². The van der Waals surface area contributed by atoms with Crippen molar-refractivity contribution in [3.05, 3.63) is 65.1 Å². The maximum absolute atomic E-state index is 12.5. The van der Waals surface area contributed by atoms with Crippen molar-refractivity contribution in [1.29, 1.82) is 0 Å². The fourth-order valence-electron chi connectivity index (χ4n) is 3.22. The lowest BCUT2D eigenvalue weighted by atomic mass is 10.1. The summed E-state index contributed by atoms with van der Waals surface area (Å²) in [5, 5.41) is 10.5. The predicted molar refractivity (Wildman–Crippen MR) is 116 cm³/mol. The van der Waals surface area contributed by atoms with Crippen molar-refractivity contribution in [2.24, 2.45) is 0 Å². The molecular weight excluding hydrogens is 380 g/mol. The summed E-state index contributed by atoms with van der Waals surface area (Å²) in [4.78, 5) is 34.0. The number of nitrogens with zero attached hydrogens (tertiary/aromatic N) is 3. The Kier molecular flexibility index (Phi) is 4.83. The zero-order valence-electron chi connectivity index (χ0n) is 17.2. The lowest BCUT2D eigenvalue weighted by Gasteiger charge is -2.10. The Labute approximate surface area is 173 Å². The molecule has 0 bridgehead atoms. The van der Waals surface area contributed by atoms with Crippen LogP contribution in [0.5, 0.6) is 0 Å². The van der Waals surface area contributed by atoms with Gasteiger partial charge in [0.1, 0.15) is 11.3 Å². The quantitative estimate of drug-likeness (QED) is 0.485. The van der Waals surface area contributed by atoms with Crippen molar-refractivity contribution in [2.45, 2.75) is 13.8 Å². The Bertz CT molecular complexity index is 1270. The molecule has 3 aromatic heterocycles. The van der Waals surface area contributed by atoms with E-state index in [0.717, 1.165) is 27.9 Å². The van der Waals surface area contributed by atoms with Crippen LogP contribution in [0.1, 0.15) is 32.1 Å². The molecular formula is C22H22N6O2. The normalized spacial score (nSPS) is 10.9. The van der Waals surface area contributed by atoms with E-state index in [9.17, 15) is 9.59 Å². The van der Waals surface area contributed by atoms with Gasteiger partial charge < -0.3 is 15.2 Å². The minimum Gasteiger partial charge on any atom is -0.345 e. The van der Waals surface area contributed by atoms with Crippen LogP contribution in [0, 0.1) is 13.8 Å². The van der Waals surface area contributed by atoms with Crippen LogP contribution >= 0.6 is 0 Å². The first kappa shape index (κ1) is 19.4. The third kappa shape index (κ3) is 3.55. The average molecular weight is 402 g/mol. The number of aromatic amines is 2. The van der Waals surface area contributed by atoms with E-state index in [1.807, 2.05) is 44.2 Å². The van der Waals surface area contributed by atoms with Gasteiger partial charge in [0.05, 0.1) is 17.6 Å². The van der Waals surface area contributed by atoms with Crippen molar-refractivity contribution in [3.63, 3.8) is 0 Å². The van der Waals surface area contributed by atoms with Gasteiger partial charge in [-0.2, -0.15) is 5.10 Å². The molecule has 0 radical (unpaired) electrons. The Morgan fingerprint density at radius 1 is 1.10 bits per heavy atom. The zero-order valence-corrected chi connectivity index (χ0v) is 17.2. The molecule has 0 aliphatic carbocycles. The fraction of sp³-hybridized carbons (Fsp3) is 0.182. The number of carbonyl (C=O) groups is 2. The van der Waals surface area contributed by atoms with Crippen molar-refractivity contribution >= 4 is 28.5 Å². The first-order valence-corrected chi connectivity index (χ1v) is 9.47. The van der Waals surface area contributed by atoms with E-state index < -0.39 is 0 Å². The maximum atomic E-state index is 12.5. The lowest BCUT2D eigenvalue weighted by molar-refractivity contribution is 0.0827. The second kappa shape index (κ2) is 7.47. The molecule has 0 spiro atoms. The maximum Gasteiger partial charge on any atom is 0.273 e. The molecule has 0 fully saturated rings. The molecule has 0 aliphatic rings. The highest BCUT2D eigenvalue weighted by Gasteiger charge is 2.15. The van der Waals surface area contributed by atoms with Gasteiger partial charge in [0.15, 0.2) is 0 Å². The van der Waals surface area contributed by atoms with Crippen LogP contribution in [0.3, 0.4) is 0 Å². The molecule has 0 unspecified atom stereocenters. The summed E-state index contributed by atoms with van der Waals surface area (Å²) in [6, 6.07) is 11.2. The van der Waals surface area contributed by atoms with Gasteiger partial charge >= 0.3 is 0 Å². The van der Waals surface area contributed by atoms with E-state index in [-0.39, 0.29) is 11.8 Å². The number of H-pyrrole nitrogens is 2. The number of pyridine rings is 1. The van der Waals surface area contributed by atoms with Gasteiger partial charge in [-0.15, -0.1) is 0 Å². The van der Waals surface area contributed by atoms with Crippen LogP contribution in [-0.4, -0.2) is 51.0 Å². The average Bonchev–Trinajstić information content (AvgIpc) is 3.30. The molecule has 0 saturated heterocycles.